The maximum absolute atomic E-state index is 13.9. The zero-order valence-corrected chi connectivity index (χ0v) is 20.5. The van der Waals surface area contributed by atoms with E-state index in [2.05, 4.69) is 10.3 Å². The van der Waals surface area contributed by atoms with E-state index in [4.69, 9.17) is 9.47 Å². The van der Waals surface area contributed by atoms with Gasteiger partial charge in [-0.15, -0.1) is 11.3 Å². The SMILES string of the molecule is COCCn1c(=O)n(C2(C(F)(F)F)CC2)c(=O)c2c(C)c(CN(C)CCN/C=N\COC)sc21. The predicted molar refractivity (Wildman–Crippen MR) is 125 cm³/mol. The number of aliphatic imine (C=N–C) groups is 1. The highest BCUT2D eigenvalue weighted by molar-refractivity contribution is 7.18. The smallest absolute Gasteiger partial charge is 0.383 e. The number of ether oxygens (including phenoxy) is 2. The number of alkyl halides is 3. The Bertz CT molecular complexity index is 1150. The molecule has 1 saturated carbocycles. The molecule has 0 amide bonds. The maximum atomic E-state index is 13.9. The minimum atomic E-state index is -4.69. The number of nitrogens with zero attached hydrogens (tertiary/aromatic N) is 4. The minimum Gasteiger partial charge on any atom is -0.383 e. The maximum Gasteiger partial charge on any atom is 0.412 e. The molecule has 3 rings (SSSR count). The van der Waals surface area contributed by atoms with E-state index in [1.807, 2.05) is 11.9 Å². The van der Waals surface area contributed by atoms with Crippen LogP contribution < -0.4 is 16.6 Å². The molecular formula is C21H30F3N5O4S. The molecule has 2 aromatic heterocycles. The van der Waals surface area contributed by atoms with E-state index in [-0.39, 0.29) is 38.1 Å². The highest BCUT2D eigenvalue weighted by Crippen LogP contribution is 2.54. The number of aryl methyl sites for hydroxylation is 1. The van der Waals surface area contributed by atoms with Crippen LogP contribution in [0.5, 0.6) is 0 Å². The summed E-state index contributed by atoms with van der Waals surface area (Å²) >= 11 is 1.26. The number of methoxy groups -OCH3 is 2. The first-order valence-electron chi connectivity index (χ1n) is 10.8. The van der Waals surface area contributed by atoms with Crippen molar-refractivity contribution in [3.63, 3.8) is 0 Å². The minimum absolute atomic E-state index is 0.0556. The molecule has 190 valence electrons. The van der Waals surface area contributed by atoms with Gasteiger partial charge in [0.15, 0.2) is 0 Å². The van der Waals surface area contributed by atoms with Gasteiger partial charge in [0.25, 0.3) is 5.56 Å². The third-order valence-corrected chi connectivity index (χ3v) is 7.25. The fourth-order valence-electron chi connectivity index (χ4n) is 3.87. The second kappa shape index (κ2) is 10.6. The molecule has 0 radical (unpaired) electrons. The van der Waals surface area contributed by atoms with Gasteiger partial charge in [-0.1, -0.05) is 0 Å². The summed E-state index contributed by atoms with van der Waals surface area (Å²) in [6.07, 6.45) is -3.68. The third-order valence-electron chi connectivity index (χ3n) is 5.95. The summed E-state index contributed by atoms with van der Waals surface area (Å²) < 4.78 is 53.2. The Hall–Kier alpha value is -2.22. The van der Waals surface area contributed by atoms with Gasteiger partial charge in [-0.25, -0.2) is 14.4 Å². The first-order valence-corrected chi connectivity index (χ1v) is 11.6. The largest absolute Gasteiger partial charge is 0.412 e. The van der Waals surface area contributed by atoms with Gasteiger partial charge in [0.2, 0.25) is 0 Å². The molecule has 1 aliphatic rings. The molecule has 2 aromatic rings. The Labute approximate surface area is 198 Å². The fraction of sp³-hybridized carbons (Fsp3) is 0.667. The van der Waals surface area contributed by atoms with Crippen LogP contribution in [0.1, 0.15) is 23.3 Å². The molecule has 0 atom stereocenters. The average Bonchev–Trinajstić information content (AvgIpc) is 3.51. The topological polar surface area (TPSA) is 90.1 Å². The van der Waals surface area contributed by atoms with Crippen LogP contribution in [0.25, 0.3) is 10.2 Å². The molecule has 1 aliphatic carbocycles. The standard InChI is InChI=1S/C21H30F3N5O4S/c1-14-15(11-27(2)8-7-25-12-26-13-33-4)34-18-16(14)17(30)29(19(31)28(18)9-10-32-3)20(5-6-20)21(22,23)24/h12H,5-11,13H2,1-4H3,(H,25,26). The van der Waals surface area contributed by atoms with Crippen LogP contribution in [0, 0.1) is 6.92 Å². The van der Waals surface area contributed by atoms with Gasteiger partial charge in [0.1, 0.15) is 17.1 Å². The van der Waals surface area contributed by atoms with E-state index in [1.54, 1.807) is 20.4 Å². The molecule has 34 heavy (non-hydrogen) atoms. The lowest BCUT2D eigenvalue weighted by molar-refractivity contribution is -0.181. The third kappa shape index (κ3) is 5.07. The van der Waals surface area contributed by atoms with Crippen LogP contribution in [0.15, 0.2) is 14.6 Å². The molecule has 0 spiro atoms. The van der Waals surface area contributed by atoms with Crippen molar-refractivity contribution in [2.24, 2.45) is 4.99 Å². The van der Waals surface area contributed by atoms with Crippen molar-refractivity contribution >= 4 is 27.9 Å². The van der Waals surface area contributed by atoms with E-state index in [0.29, 0.717) is 34.6 Å². The van der Waals surface area contributed by atoms with Crippen LogP contribution in [0.3, 0.4) is 0 Å². The van der Waals surface area contributed by atoms with Gasteiger partial charge in [-0.3, -0.25) is 14.3 Å². The van der Waals surface area contributed by atoms with Crippen LogP contribution in [0.2, 0.25) is 0 Å². The summed E-state index contributed by atoms with van der Waals surface area (Å²) in [4.78, 5) is 33.7. The number of aromatic nitrogens is 2. The van der Waals surface area contributed by atoms with Crippen molar-refractivity contribution in [2.75, 3.05) is 47.7 Å². The number of hydrogen-bond acceptors (Lipinski definition) is 7. The van der Waals surface area contributed by atoms with Crippen LogP contribution in [-0.2, 0) is 28.1 Å². The zero-order chi connectivity index (χ0) is 25.1. The zero-order valence-electron chi connectivity index (χ0n) is 19.7. The Kier molecular flexibility index (Phi) is 8.22. The lowest BCUT2D eigenvalue weighted by Gasteiger charge is -2.22. The van der Waals surface area contributed by atoms with E-state index < -0.39 is 23.0 Å². The first-order chi connectivity index (χ1) is 16.1. The van der Waals surface area contributed by atoms with Gasteiger partial charge in [-0.05, 0) is 32.4 Å². The number of fused-ring (bicyclic) bond motifs is 1. The van der Waals surface area contributed by atoms with Crippen molar-refractivity contribution < 1.29 is 22.6 Å². The molecule has 0 saturated heterocycles. The number of hydrogen-bond donors (Lipinski definition) is 1. The second-order valence-electron chi connectivity index (χ2n) is 8.35. The number of rotatable bonds is 12. The van der Waals surface area contributed by atoms with Crippen molar-refractivity contribution in [1.82, 2.24) is 19.4 Å². The summed E-state index contributed by atoms with van der Waals surface area (Å²) in [6.45, 7) is 3.93. The molecule has 13 heteroatoms. The first kappa shape index (κ1) is 26.4. The van der Waals surface area contributed by atoms with Crippen molar-refractivity contribution in [2.45, 2.75) is 44.6 Å². The number of likely N-dealkylation sites (N-methyl/N-ethyl adjacent to an activating group) is 1. The van der Waals surface area contributed by atoms with Crippen LogP contribution in [-0.4, -0.2) is 74.2 Å². The lowest BCUT2D eigenvalue weighted by atomic mass is 10.2. The molecule has 2 heterocycles. The number of thiophene rings is 1. The quantitative estimate of drug-likeness (QED) is 0.269. The molecule has 1 N–H and O–H groups in total. The Morgan fingerprint density at radius 1 is 1.26 bits per heavy atom. The van der Waals surface area contributed by atoms with Gasteiger partial charge >= 0.3 is 11.9 Å². The van der Waals surface area contributed by atoms with E-state index in [0.717, 1.165) is 4.88 Å². The lowest BCUT2D eigenvalue weighted by Crippen LogP contribution is -2.51. The summed E-state index contributed by atoms with van der Waals surface area (Å²) in [5, 5.41) is 3.21. The summed E-state index contributed by atoms with van der Waals surface area (Å²) in [6, 6.07) is 0. The molecule has 1 fully saturated rings. The van der Waals surface area contributed by atoms with Crippen molar-refractivity contribution in [1.29, 1.82) is 0 Å². The van der Waals surface area contributed by atoms with Crippen molar-refractivity contribution in [3.05, 3.63) is 31.3 Å². The Morgan fingerprint density at radius 3 is 2.56 bits per heavy atom. The van der Waals surface area contributed by atoms with Crippen molar-refractivity contribution in [3.8, 4) is 0 Å². The summed E-state index contributed by atoms with van der Waals surface area (Å²) in [5.74, 6) is 0. The van der Waals surface area contributed by atoms with Gasteiger partial charge in [-0.2, -0.15) is 13.2 Å². The second-order valence-corrected chi connectivity index (χ2v) is 9.43. The van der Waals surface area contributed by atoms with Crippen LogP contribution >= 0.6 is 11.3 Å². The van der Waals surface area contributed by atoms with Gasteiger partial charge < -0.3 is 14.8 Å². The molecule has 0 aliphatic heterocycles. The van der Waals surface area contributed by atoms with E-state index >= 15 is 0 Å². The monoisotopic (exact) mass is 505 g/mol. The highest BCUT2D eigenvalue weighted by Gasteiger charge is 2.66. The van der Waals surface area contributed by atoms with E-state index in [1.165, 1.54) is 23.0 Å². The van der Waals surface area contributed by atoms with Gasteiger partial charge in [0.05, 0.1) is 24.9 Å². The predicted octanol–water partition coefficient (Wildman–Crippen LogP) is 1.88. The number of nitrogens with one attached hydrogen (secondary N) is 1. The molecule has 0 bridgehead atoms. The normalized spacial score (nSPS) is 15.6. The molecule has 0 aromatic carbocycles. The summed E-state index contributed by atoms with van der Waals surface area (Å²) in [5.41, 5.74) is -3.64. The Morgan fingerprint density at radius 2 is 1.97 bits per heavy atom. The summed E-state index contributed by atoms with van der Waals surface area (Å²) in [7, 11) is 4.90. The van der Waals surface area contributed by atoms with Crippen LogP contribution in [0.4, 0.5) is 13.2 Å². The number of halogens is 3. The highest BCUT2D eigenvalue weighted by atomic mass is 32.1. The fourth-order valence-corrected chi connectivity index (χ4v) is 5.27. The van der Waals surface area contributed by atoms with Gasteiger partial charge in [0, 0.05) is 38.7 Å². The van der Waals surface area contributed by atoms with E-state index in [9.17, 15) is 22.8 Å². The Balaban J connectivity index is 1.98. The average molecular weight is 506 g/mol. The molecule has 9 nitrogen and oxygen atoms in total. The molecule has 0 unspecified atom stereocenters. The molecular weight excluding hydrogens is 475 g/mol.